The molecule has 0 N–H and O–H groups in total. The first-order valence-corrected chi connectivity index (χ1v) is 9.23. The molecule has 0 aliphatic carbocycles. The monoisotopic (exact) mass is 290 g/mol. The Hall–Kier alpha value is -0.363. The van der Waals surface area contributed by atoms with Crippen LogP contribution in [-0.2, 0) is 18.0 Å². The molecule has 4 nitrogen and oxygen atoms in total. The normalized spacial score (nSPS) is 13.9. The Morgan fingerprint density at radius 3 is 1.79 bits per heavy atom. The standard InChI is InChI=1S/C14H30O4Si/c1-6-11-12-13-15-14(7-2)19(16-8-3,17-9-4)18-10-5/h12-14H,6-11H2,1-5H3. The van der Waals surface area contributed by atoms with Gasteiger partial charge in [0, 0.05) is 19.8 Å². The fourth-order valence-electron chi connectivity index (χ4n) is 1.82. The van der Waals surface area contributed by atoms with Gasteiger partial charge in [0.25, 0.3) is 0 Å². The predicted octanol–water partition coefficient (Wildman–Crippen LogP) is 3.68. The van der Waals surface area contributed by atoms with E-state index in [1.54, 1.807) is 6.26 Å². The molecule has 19 heavy (non-hydrogen) atoms. The summed E-state index contributed by atoms with van der Waals surface area (Å²) in [6.45, 7) is 11.8. The van der Waals surface area contributed by atoms with Crippen LogP contribution in [0.25, 0.3) is 0 Å². The molecule has 114 valence electrons. The number of hydrogen-bond donors (Lipinski definition) is 0. The molecule has 0 saturated carbocycles. The van der Waals surface area contributed by atoms with Gasteiger partial charge in [0.15, 0.2) is 5.73 Å². The van der Waals surface area contributed by atoms with Crippen LogP contribution >= 0.6 is 0 Å². The smallest absolute Gasteiger partial charge is 0.494 e. The van der Waals surface area contributed by atoms with Crippen LogP contribution in [-0.4, -0.2) is 34.4 Å². The largest absolute Gasteiger partial charge is 0.543 e. The van der Waals surface area contributed by atoms with E-state index < -0.39 is 8.80 Å². The van der Waals surface area contributed by atoms with Crippen LogP contribution in [0.2, 0.25) is 0 Å². The average molecular weight is 290 g/mol. The molecular formula is C14H30O4Si. The second-order valence-electron chi connectivity index (χ2n) is 4.10. The maximum Gasteiger partial charge on any atom is 0.543 e. The highest BCUT2D eigenvalue weighted by molar-refractivity contribution is 6.62. The van der Waals surface area contributed by atoms with Gasteiger partial charge in [-0.3, -0.25) is 0 Å². The van der Waals surface area contributed by atoms with Gasteiger partial charge in [-0.2, -0.15) is 0 Å². The third-order valence-electron chi connectivity index (χ3n) is 2.60. The highest BCUT2D eigenvalue weighted by Gasteiger charge is 2.50. The van der Waals surface area contributed by atoms with Crippen LogP contribution < -0.4 is 0 Å². The lowest BCUT2D eigenvalue weighted by atomic mass is 10.3. The fourth-order valence-corrected chi connectivity index (χ4v) is 4.58. The second kappa shape index (κ2) is 11.5. The van der Waals surface area contributed by atoms with Crippen molar-refractivity contribution in [3.63, 3.8) is 0 Å². The van der Waals surface area contributed by atoms with Gasteiger partial charge in [-0.1, -0.05) is 20.3 Å². The third-order valence-corrected chi connectivity index (χ3v) is 6.00. The summed E-state index contributed by atoms with van der Waals surface area (Å²) in [5.74, 6) is 0. The quantitative estimate of drug-likeness (QED) is 0.406. The summed E-state index contributed by atoms with van der Waals surface area (Å²) in [6.07, 6.45) is 6.73. The van der Waals surface area contributed by atoms with Gasteiger partial charge in [0.05, 0.1) is 6.26 Å². The zero-order chi connectivity index (χ0) is 14.6. The topological polar surface area (TPSA) is 36.9 Å². The summed E-state index contributed by atoms with van der Waals surface area (Å²) >= 11 is 0. The lowest BCUT2D eigenvalue weighted by molar-refractivity contribution is 0.0161. The molecule has 0 spiro atoms. The molecule has 0 amide bonds. The average Bonchev–Trinajstić information content (AvgIpc) is 2.39. The van der Waals surface area contributed by atoms with Crippen molar-refractivity contribution in [3.8, 4) is 0 Å². The number of hydrogen-bond acceptors (Lipinski definition) is 4. The van der Waals surface area contributed by atoms with Crippen LogP contribution in [0, 0.1) is 0 Å². The Kier molecular flexibility index (Phi) is 11.2. The van der Waals surface area contributed by atoms with E-state index in [0.717, 1.165) is 19.3 Å². The molecule has 0 aromatic rings. The van der Waals surface area contributed by atoms with E-state index in [9.17, 15) is 0 Å². The van der Waals surface area contributed by atoms with E-state index in [4.69, 9.17) is 18.0 Å². The first-order valence-electron chi connectivity index (χ1n) is 7.42. The van der Waals surface area contributed by atoms with E-state index >= 15 is 0 Å². The minimum absolute atomic E-state index is 0.138. The summed E-state index contributed by atoms with van der Waals surface area (Å²) in [5.41, 5.74) is -0.138. The van der Waals surface area contributed by atoms with Crippen LogP contribution in [0.15, 0.2) is 12.3 Å². The van der Waals surface area contributed by atoms with Gasteiger partial charge in [-0.15, -0.1) is 0 Å². The van der Waals surface area contributed by atoms with E-state index in [1.165, 1.54) is 0 Å². The Morgan fingerprint density at radius 1 is 0.895 bits per heavy atom. The molecule has 5 heteroatoms. The molecule has 0 radical (unpaired) electrons. The third kappa shape index (κ3) is 6.56. The van der Waals surface area contributed by atoms with Crippen LogP contribution in [0.5, 0.6) is 0 Å². The number of ether oxygens (including phenoxy) is 1. The van der Waals surface area contributed by atoms with Gasteiger partial charge in [-0.25, -0.2) is 0 Å². The first kappa shape index (κ1) is 18.6. The molecule has 0 aromatic carbocycles. The molecule has 0 heterocycles. The predicted molar refractivity (Wildman–Crippen MR) is 79.8 cm³/mol. The van der Waals surface area contributed by atoms with E-state index in [1.807, 2.05) is 26.8 Å². The van der Waals surface area contributed by atoms with Crippen LogP contribution in [0.1, 0.15) is 53.9 Å². The van der Waals surface area contributed by atoms with Crippen LogP contribution in [0.4, 0.5) is 0 Å². The zero-order valence-corrected chi connectivity index (χ0v) is 14.1. The Labute approximate surface area is 119 Å². The summed E-state index contributed by atoms with van der Waals surface area (Å²) in [4.78, 5) is 0. The second-order valence-corrected chi connectivity index (χ2v) is 6.81. The summed E-state index contributed by atoms with van der Waals surface area (Å²) in [6, 6.07) is 0. The molecular weight excluding hydrogens is 260 g/mol. The fraction of sp³-hybridized carbons (Fsp3) is 0.857. The van der Waals surface area contributed by atoms with Crippen molar-refractivity contribution in [3.05, 3.63) is 12.3 Å². The maximum absolute atomic E-state index is 5.86. The van der Waals surface area contributed by atoms with Crippen molar-refractivity contribution in [2.24, 2.45) is 0 Å². The van der Waals surface area contributed by atoms with Crippen molar-refractivity contribution in [1.82, 2.24) is 0 Å². The molecule has 0 aliphatic heterocycles. The number of allylic oxidation sites excluding steroid dienone is 1. The SMILES string of the molecule is CCCC=COC(CC)[Si](OCC)(OCC)OCC. The Morgan fingerprint density at radius 2 is 1.42 bits per heavy atom. The van der Waals surface area contributed by atoms with E-state index in [-0.39, 0.29) is 5.73 Å². The van der Waals surface area contributed by atoms with Gasteiger partial charge >= 0.3 is 8.80 Å². The van der Waals surface area contributed by atoms with Gasteiger partial charge in [-0.05, 0) is 39.7 Å². The van der Waals surface area contributed by atoms with Crippen molar-refractivity contribution in [2.75, 3.05) is 19.8 Å². The first-order chi connectivity index (χ1) is 9.20. The molecule has 0 fully saturated rings. The molecule has 0 rings (SSSR count). The molecule has 0 aromatic heterocycles. The molecule has 0 saturated heterocycles. The van der Waals surface area contributed by atoms with Gasteiger partial charge < -0.3 is 18.0 Å². The van der Waals surface area contributed by atoms with Gasteiger partial charge in [0.1, 0.15) is 0 Å². The van der Waals surface area contributed by atoms with Gasteiger partial charge in [0.2, 0.25) is 0 Å². The number of unbranched alkanes of at least 4 members (excludes halogenated alkanes) is 1. The molecule has 0 bridgehead atoms. The Bertz CT molecular complexity index is 216. The molecule has 0 aliphatic rings. The number of rotatable bonds is 12. The van der Waals surface area contributed by atoms with Crippen LogP contribution in [0.3, 0.4) is 0 Å². The van der Waals surface area contributed by atoms with Crippen molar-refractivity contribution >= 4 is 8.80 Å². The maximum atomic E-state index is 5.86. The summed E-state index contributed by atoms with van der Waals surface area (Å²) in [5, 5.41) is 0. The summed E-state index contributed by atoms with van der Waals surface area (Å²) < 4.78 is 23.4. The Balaban J connectivity index is 4.81. The lowest BCUT2D eigenvalue weighted by Gasteiger charge is -2.33. The highest BCUT2D eigenvalue weighted by Crippen LogP contribution is 2.21. The molecule has 1 atom stereocenters. The van der Waals surface area contributed by atoms with Crippen molar-refractivity contribution in [1.29, 1.82) is 0 Å². The van der Waals surface area contributed by atoms with E-state index in [0.29, 0.717) is 19.8 Å². The van der Waals surface area contributed by atoms with Crippen molar-refractivity contribution in [2.45, 2.75) is 59.6 Å². The van der Waals surface area contributed by atoms with E-state index in [2.05, 4.69) is 13.8 Å². The lowest BCUT2D eigenvalue weighted by Crippen LogP contribution is -2.57. The highest BCUT2D eigenvalue weighted by atomic mass is 28.4. The minimum Gasteiger partial charge on any atom is -0.494 e. The zero-order valence-electron chi connectivity index (χ0n) is 13.1. The minimum atomic E-state index is -2.76. The molecule has 1 unspecified atom stereocenters. The summed E-state index contributed by atoms with van der Waals surface area (Å²) in [7, 11) is -2.76. The van der Waals surface area contributed by atoms with Crippen molar-refractivity contribution < 1.29 is 18.0 Å².